The molecule has 218 valence electrons. The van der Waals surface area contributed by atoms with Crippen molar-refractivity contribution in [2.45, 2.75) is 24.8 Å². The number of aromatic nitrogens is 2. The van der Waals surface area contributed by atoms with Crippen molar-refractivity contribution in [3.05, 3.63) is 85.1 Å². The summed E-state index contributed by atoms with van der Waals surface area (Å²) in [6, 6.07) is 22.1. The van der Waals surface area contributed by atoms with Gasteiger partial charge in [0.25, 0.3) is 0 Å². The Kier molecular flexibility index (Phi) is 10.4. The number of ether oxygens (including phenoxy) is 1. The molecule has 1 unspecified atom stereocenters. The van der Waals surface area contributed by atoms with Gasteiger partial charge in [-0.05, 0) is 55.8 Å². The van der Waals surface area contributed by atoms with Gasteiger partial charge in [0.1, 0.15) is 5.82 Å². The first-order valence-electron chi connectivity index (χ1n) is 13.0. The van der Waals surface area contributed by atoms with Crippen LogP contribution in [0.3, 0.4) is 0 Å². The van der Waals surface area contributed by atoms with Crippen molar-refractivity contribution in [2.24, 2.45) is 4.36 Å². The summed E-state index contributed by atoms with van der Waals surface area (Å²) in [5.41, 5.74) is 3.38. The highest BCUT2D eigenvalue weighted by Gasteiger charge is 2.13. The molecule has 0 radical (unpaired) electrons. The average Bonchev–Trinajstić information content (AvgIpc) is 2.98. The lowest BCUT2D eigenvalue weighted by Gasteiger charge is -2.17. The fourth-order valence-corrected chi connectivity index (χ4v) is 4.31. The zero-order valence-corrected chi connectivity index (χ0v) is 23.7. The molecular weight excluding hydrogens is 558 g/mol. The number of amides is 3. The molecule has 0 saturated heterocycles. The molecule has 0 saturated carbocycles. The van der Waals surface area contributed by atoms with Crippen LogP contribution in [0.1, 0.15) is 13.8 Å². The minimum atomic E-state index is -1.89. The monoisotopic (exact) mass is 588 g/mol. The first-order valence-corrected chi connectivity index (χ1v) is 14.1. The Balaban J connectivity index is 1.49. The third-order valence-corrected chi connectivity index (χ3v) is 6.66. The molecule has 1 heterocycles. The lowest BCUT2D eigenvalue weighted by Crippen LogP contribution is -2.21. The van der Waals surface area contributed by atoms with E-state index in [0.717, 1.165) is 5.56 Å². The van der Waals surface area contributed by atoms with Crippen molar-refractivity contribution in [1.29, 1.82) is 0 Å². The van der Waals surface area contributed by atoms with E-state index in [9.17, 15) is 18.9 Å². The lowest BCUT2D eigenvalue weighted by molar-refractivity contribution is 0.164. The van der Waals surface area contributed by atoms with Crippen LogP contribution >= 0.6 is 0 Å². The maximum Gasteiger partial charge on any atom is 0.410 e. The van der Waals surface area contributed by atoms with Crippen LogP contribution in [0.2, 0.25) is 0 Å². The largest absolute Gasteiger partial charge is 0.450 e. The second-order valence-corrected chi connectivity index (χ2v) is 10.0. The molecule has 3 amide bonds. The molecule has 42 heavy (non-hydrogen) atoms. The van der Waals surface area contributed by atoms with Gasteiger partial charge in [-0.1, -0.05) is 47.4 Å². The van der Waals surface area contributed by atoms with Gasteiger partial charge in [-0.3, -0.25) is 4.36 Å². The number of anilines is 5. The molecule has 0 bridgehead atoms. The van der Waals surface area contributed by atoms with Crippen molar-refractivity contribution in [1.82, 2.24) is 9.97 Å². The number of carbonyl (C=O) groups is 2. The highest BCUT2D eigenvalue weighted by Crippen LogP contribution is 2.29. The van der Waals surface area contributed by atoms with Gasteiger partial charge in [0, 0.05) is 34.9 Å². The van der Waals surface area contributed by atoms with E-state index >= 15 is 0 Å². The third-order valence-electron chi connectivity index (χ3n) is 5.67. The Labute approximate surface area is 244 Å². The first-order chi connectivity index (χ1) is 20.3. The smallest absolute Gasteiger partial charge is 0.410 e. The Bertz CT molecular complexity index is 1590. The van der Waals surface area contributed by atoms with Crippen molar-refractivity contribution in [2.75, 3.05) is 34.5 Å². The van der Waals surface area contributed by atoms with Crippen LogP contribution in [0.25, 0.3) is 11.1 Å². The number of aliphatic hydroxyl groups excluding tert-OH is 1. The quantitative estimate of drug-likeness (QED) is 0.140. The van der Waals surface area contributed by atoms with Crippen LogP contribution in [-0.2, 0) is 19.5 Å². The number of benzene rings is 3. The average molecular weight is 589 g/mol. The molecule has 12 nitrogen and oxygen atoms in total. The number of rotatable bonds is 10. The van der Waals surface area contributed by atoms with Gasteiger partial charge in [-0.15, -0.1) is 10.6 Å². The lowest BCUT2D eigenvalue weighted by atomic mass is 10.1. The Morgan fingerprint density at radius 1 is 0.952 bits per heavy atom. The second-order valence-electron chi connectivity index (χ2n) is 8.90. The highest BCUT2D eigenvalue weighted by atomic mass is 32.2. The van der Waals surface area contributed by atoms with Gasteiger partial charge in [0.15, 0.2) is 0 Å². The Morgan fingerprint density at radius 2 is 1.60 bits per heavy atom. The zero-order chi connectivity index (χ0) is 29.9. The third kappa shape index (κ3) is 8.49. The van der Waals surface area contributed by atoms with Crippen molar-refractivity contribution < 1.29 is 23.6 Å². The van der Waals surface area contributed by atoms with E-state index < -0.39 is 16.7 Å². The maximum absolute atomic E-state index is 12.3. The van der Waals surface area contributed by atoms with Crippen LogP contribution in [0.4, 0.5) is 38.4 Å². The van der Waals surface area contributed by atoms with Gasteiger partial charge >= 0.3 is 12.1 Å². The Hall–Kier alpha value is -5.01. The first kappa shape index (κ1) is 30.0. The summed E-state index contributed by atoms with van der Waals surface area (Å²) in [5, 5.41) is 21.5. The molecule has 13 heteroatoms. The fourth-order valence-electron chi connectivity index (χ4n) is 3.64. The molecule has 0 spiro atoms. The maximum atomic E-state index is 12.3. The summed E-state index contributed by atoms with van der Waals surface area (Å²) >= 11 is 0. The van der Waals surface area contributed by atoms with Crippen LogP contribution in [-0.4, -0.2) is 46.5 Å². The zero-order valence-electron chi connectivity index (χ0n) is 22.9. The minimum Gasteiger partial charge on any atom is -0.450 e. The van der Waals surface area contributed by atoms with E-state index in [2.05, 4.69) is 35.6 Å². The van der Waals surface area contributed by atoms with Crippen molar-refractivity contribution in [3.8, 4) is 11.1 Å². The summed E-state index contributed by atoms with van der Waals surface area (Å²) < 4.78 is 20.4. The number of carbonyl (C=O) groups excluding carboxylic acids is 2. The van der Waals surface area contributed by atoms with E-state index in [1.807, 2.05) is 37.3 Å². The molecule has 0 aliphatic heterocycles. The summed E-state index contributed by atoms with van der Waals surface area (Å²) in [6.45, 7) is 3.49. The van der Waals surface area contributed by atoms with E-state index in [0.29, 0.717) is 33.3 Å². The molecule has 1 atom stereocenters. The minimum absolute atomic E-state index is 0.110. The standard InChI is InChI=1S/C29H30N7O5S/c1-3-41-29(39)36-42(40)24-15-13-22(14-16-24)32-27-30-17-25(26(35-27)31-19(2)18-37)20-9-11-23(12-10-20)34-28(38)33-21-7-5-4-6-8-21/h4-17,19,37H,3,18H2,1-2H3,(H2,33,34,38)(H2,30,31,32,35)/q-1. The van der Waals surface area contributed by atoms with Crippen molar-refractivity contribution in [3.63, 3.8) is 0 Å². The van der Waals surface area contributed by atoms with Gasteiger partial charge in [-0.25, -0.2) is 14.6 Å². The number of urea groups is 1. The van der Waals surface area contributed by atoms with Crippen LogP contribution in [0, 0.1) is 0 Å². The SMILES string of the molecule is CCOC(=O)N=[S-](=O)c1ccc(Nc2ncc(-c3ccc(NC(=O)Nc4ccccc4)cc3)c(NC(C)CO)n2)cc1. The topological polar surface area (TPSA) is 167 Å². The second kappa shape index (κ2) is 14.6. The number of hydrogen-bond donors (Lipinski definition) is 5. The number of hydrogen-bond acceptors (Lipinski definition) is 10. The number of nitrogens with one attached hydrogen (secondary N) is 4. The van der Waals surface area contributed by atoms with E-state index in [1.54, 1.807) is 61.7 Å². The number of aliphatic hydroxyl groups is 1. The van der Waals surface area contributed by atoms with Gasteiger partial charge in [-0.2, -0.15) is 4.98 Å². The van der Waals surface area contributed by atoms with Crippen LogP contribution in [0.15, 0.2) is 94.3 Å². The van der Waals surface area contributed by atoms with Crippen LogP contribution in [0.5, 0.6) is 0 Å². The molecule has 3 aromatic carbocycles. The molecule has 0 fully saturated rings. The molecule has 0 aliphatic rings. The predicted octanol–water partition coefficient (Wildman–Crippen LogP) is 5.99. The molecular formula is C29H30N7O5S-. The van der Waals surface area contributed by atoms with Gasteiger partial charge < -0.3 is 35.3 Å². The summed E-state index contributed by atoms with van der Waals surface area (Å²) in [4.78, 5) is 33.2. The fraction of sp³-hybridized carbons (Fsp3) is 0.172. The van der Waals surface area contributed by atoms with E-state index in [4.69, 9.17) is 4.74 Å². The normalized spacial score (nSPS) is 12.2. The highest BCUT2D eigenvalue weighted by molar-refractivity contribution is 7.75. The molecule has 0 aliphatic carbocycles. The predicted molar refractivity (Wildman–Crippen MR) is 162 cm³/mol. The van der Waals surface area contributed by atoms with Gasteiger partial charge in [0.05, 0.1) is 13.2 Å². The molecule has 4 aromatic rings. The summed E-state index contributed by atoms with van der Waals surface area (Å²) in [5.74, 6) is 0.773. The van der Waals surface area contributed by atoms with Crippen LogP contribution < -0.4 is 21.3 Å². The number of para-hydroxylation sites is 1. The van der Waals surface area contributed by atoms with E-state index in [-0.39, 0.29) is 31.2 Å². The van der Waals surface area contributed by atoms with Crippen molar-refractivity contribution >= 4 is 51.5 Å². The van der Waals surface area contributed by atoms with E-state index in [1.165, 1.54) is 0 Å². The van der Waals surface area contributed by atoms with Gasteiger partial charge in [0.2, 0.25) is 5.95 Å². The molecule has 4 rings (SSSR count). The Morgan fingerprint density at radius 3 is 2.24 bits per heavy atom. The molecule has 1 aromatic heterocycles. The summed E-state index contributed by atoms with van der Waals surface area (Å²) in [6.07, 6.45) is 0.761. The summed E-state index contributed by atoms with van der Waals surface area (Å²) in [7, 11) is -1.89. The number of nitrogens with zero attached hydrogens (tertiary/aromatic N) is 3. The molecule has 5 N–H and O–H groups in total.